The summed E-state index contributed by atoms with van der Waals surface area (Å²) in [5, 5.41) is 8.66. The third-order valence-electron chi connectivity index (χ3n) is 3.25. The van der Waals surface area contributed by atoms with E-state index < -0.39 is 0 Å². The van der Waals surface area contributed by atoms with Crippen LogP contribution >= 0.6 is 0 Å². The number of hydrogen-bond donors (Lipinski definition) is 1. The largest absolute Gasteiger partial charge is 0.396 e. The topological polar surface area (TPSA) is 29.0 Å². The van der Waals surface area contributed by atoms with Crippen LogP contribution in [0.1, 0.15) is 51.4 Å². The Balaban J connectivity index is 1.91. The average Bonchev–Trinajstić information content (AvgIpc) is 2.85. The molecule has 0 aliphatic heterocycles. The molecule has 0 saturated carbocycles. The summed E-state index contributed by atoms with van der Waals surface area (Å²) in [6.07, 6.45) is 18.0. The Morgan fingerprint density at radius 3 is 2.17 bits per heavy atom. The molecule has 1 N–H and O–H groups in total. The lowest BCUT2D eigenvalue weighted by Crippen LogP contribution is -2.30. The van der Waals surface area contributed by atoms with Crippen molar-refractivity contribution in [2.45, 2.75) is 57.9 Å². The molecule has 1 heterocycles. The van der Waals surface area contributed by atoms with E-state index in [4.69, 9.17) is 5.11 Å². The molecule has 1 aromatic rings. The molecule has 0 fully saturated rings. The summed E-state index contributed by atoms with van der Waals surface area (Å²) >= 11 is 0. The van der Waals surface area contributed by atoms with Gasteiger partial charge < -0.3 is 5.11 Å². The van der Waals surface area contributed by atoms with Crippen LogP contribution in [0, 0.1) is 0 Å². The summed E-state index contributed by atoms with van der Waals surface area (Å²) in [6, 6.07) is 0. The molecule has 0 atom stereocenters. The van der Waals surface area contributed by atoms with Gasteiger partial charge in [-0.25, -0.2) is 9.13 Å². The van der Waals surface area contributed by atoms with Crippen molar-refractivity contribution in [1.29, 1.82) is 0 Å². The minimum absolute atomic E-state index is 0.349. The number of imidazole rings is 1. The second-order valence-corrected chi connectivity index (χ2v) is 4.83. The van der Waals surface area contributed by atoms with Gasteiger partial charge in [-0.15, -0.1) is 0 Å². The lowest BCUT2D eigenvalue weighted by atomic mass is 10.1. The highest BCUT2D eigenvalue weighted by Gasteiger charge is 2.00. The molecule has 102 valence electrons. The fourth-order valence-electron chi connectivity index (χ4n) is 2.12. The van der Waals surface area contributed by atoms with Crippen LogP contribution in [0.4, 0.5) is 0 Å². The summed E-state index contributed by atoms with van der Waals surface area (Å²) in [5.41, 5.74) is 0. The number of nitrogens with zero attached hydrogens (tertiary/aromatic N) is 2. The van der Waals surface area contributed by atoms with Crippen molar-refractivity contribution in [2.24, 2.45) is 0 Å². The first kappa shape index (κ1) is 15.0. The molecule has 1 aromatic heterocycles. The lowest BCUT2D eigenvalue weighted by molar-refractivity contribution is -0.696. The van der Waals surface area contributed by atoms with E-state index >= 15 is 0 Å². The number of aliphatic hydroxyl groups is 1. The molecule has 1 rings (SSSR count). The highest BCUT2D eigenvalue weighted by atomic mass is 16.2. The summed E-state index contributed by atoms with van der Waals surface area (Å²) in [6.45, 7) is 5.18. The summed E-state index contributed by atoms with van der Waals surface area (Å²) in [5.74, 6) is 0. The molecule has 0 spiro atoms. The lowest BCUT2D eigenvalue weighted by Gasteiger charge is -2.00. The maximum absolute atomic E-state index is 8.66. The first-order chi connectivity index (χ1) is 8.86. The summed E-state index contributed by atoms with van der Waals surface area (Å²) < 4.78 is 4.18. The number of aliphatic hydroxyl groups excluding tert-OH is 1. The molecular weight excluding hydrogens is 224 g/mol. The highest BCUT2D eigenvalue weighted by Crippen LogP contribution is 2.08. The Labute approximate surface area is 111 Å². The van der Waals surface area contributed by atoms with E-state index in [0.29, 0.717) is 6.61 Å². The van der Waals surface area contributed by atoms with Crippen LogP contribution in [-0.4, -0.2) is 16.3 Å². The van der Waals surface area contributed by atoms with Gasteiger partial charge in [0.05, 0.1) is 12.7 Å². The molecular formula is C15H27N2O+. The first-order valence-corrected chi connectivity index (χ1v) is 7.17. The number of aryl methyl sites for hydroxylation is 1. The monoisotopic (exact) mass is 251 g/mol. The van der Waals surface area contributed by atoms with Crippen molar-refractivity contribution in [2.75, 3.05) is 6.61 Å². The maximum Gasteiger partial charge on any atom is 0.248 e. The number of hydrogen-bond acceptors (Lipinski definition) is 1. The Morgan fingerprint density at radius 2 is 1.61 bits per heavy atom. The Bertz CT molecular complexity index is 320. The predicted octanol–water partition coefficient (Wildman–Crippen LogP) is 2.99. The third-order valence-corrected chi connectivity index (χ3v) is 3.25. The van der Waals surface area contributed by atoms with Crippen LogP contribution < -0.4 is 4.57 Å². The van der Waals surface area contributed by atoms with Gasteiger partial charge in [-0.2, -0.15) is 0 Å². The van der Waals surface area contributed by atoms with Crippen LogP contribution in [0.15, 0.2) is 25.3 Å². The Hall–Kier alpha value is -1.09. The third kappa shape index (κ3) is 6.60. The van der Waals surface area contributed by atoms with E-state index in [1.807, 2.05) is 17.0 Å². The van der Waals surface area contributed by atoms with Gasteiger partial charge in [0.25, 0.3) is 0 Å². The van der Waals surface area contributed by atoms with Crippen LogP contribution in [0.3, 0.4) is 0 Å². The van der Waals surface area contributed by atoms with E-state index in [9.17, 15) is 0 Å². The number of rotatable bonds is 11. The quantitative estimate of drug-likeness (QED) is 0.475. The predicted molar refractivity (Wildman–Crippen MR) is 75.0 cm³/mol. The van der Waals surface area contributed by atoms with Gasteiger partial charge in [-0.05, 0) is 19.3 Å². The van der Waals surface area contributed by atoms with Gasteiger partial charge in [0.15, 0.2) is 0 Å². The zero-order valence-electron chi connectivity index (χ0n) is 11.4. The van der Waals surface area contributed by atoms with Gasteiger partial charge in [-0.1, -0.05) is 38.7 Å². The van der Waals surface area contributed by atoms with Crippen LogP contribution in [0.2, 0.25) is 0 Å². The molecule has 0 bridgehead atoms. The molecule has 0 unspecified atom stereocenters. The van der Waals surface area contributed by atoms with Crippen molar-refractivity contribution in [3.8, 4) is 0 Å². The maximum atomic E-state index is 8.66. The molecule has 3 nitrogen and oxygen atoms in total. The molecule has 0 aromatic carbocycles. The smallest absolute Gasteiger partial charge is 0.248 e. The second kappa shape index (κ2) is 9.89. The van der Waals surface area contributed by atoms with Crippen LogP contribution in [-0.2, 0) is 6.54 Å². The molecule has 3 heteroatoms. The van der Waals surface area contributed by atoms with Crippen molar-refractivity contribution < 1.29 is 9.67 Å². The first-order valence-electron chi connectivity index (χ1n) is 7.17. The van der Waals surface area contributed by atoms with E-state index in [1.165, 1.54) is 44.9 Å². The zero-order valence-corrected chi connectivity index (χ0v) is 11.4. The van der Waals surface area contributed by atoms with E-state index in [0.717, 1.165) is 13.0 Å². The van der Waals surface area contributed by atoms with Crippen LogP contribution in [0.5, 0.6) is 0 Å². The molecule has 0 aliphatic carbocycles. The minimum Gasteiger partial charge on any atom is -0.396 e. The SMILES string of the molecule is C=Cn1cc[n+](CCCCCCCCCCO)c1. The summed E-state index contributed by atoms with van der Waals surface area (Å²) in [4.78, 5) is 0. The average molecular weight is 251 g/mol. The highest BCUT2D eigenvalue weighted by molar-refractivity contribution is 5.12. The van der Waals surface area contributed by atoms with E-state index in [1.54, 1.807) is 0 Å². The second-order valence-electron chi connectivity index (χ2n) is 4.83. The van der Waals surface area contributed by atoms with Gasteiger partial charge in [0.2, 0.25) is 6.33 Å². The molecule has 0 aliphatic rings. The van der Waals surface area contributed by atoms with Crippen molar-refractivity contribution in [3.05, 3.63) is 25.3 Å². The van der Waals surface area contributed by atoms with Crippen molar-refractivity contribution >= 4 is 6.20 Å². The normalized spacial score (nSPS) is 10.7. The molecule has 0 saturated heterocycles. The van der Waals surface area contributed by atoms with Gasteiger partial charge in [0, 0.05) is 6.61 Å². The van der Waals surface area contributed by atoms with Crippen molar-refractivity contribution in [1.82, 2.24) is 4.57 Å². The van der Waals surface area contributed by atoms with E-state index in [2.05, 4.69) is 23.7 Å². The fourth-order valence-corrected chi connectivity index (χ4v) is 2.12. The van der Waals surface area contributed by atoms with Crippen LogP contribution in [0.25, 0.3) is 6.20 Å². The minimum atomic E-state index is 0.349. The van der Waals surface area contributed by atoms with Crippen molar-refractivity contribution in [3.63, 3.8) is 0 Å². The Kier molecular flexibility index (Phi) is 8.23. The number of aromatic nitrogens is 2. The van der Waals surface area contributed by atoms with Gasteiger partial charge >= 0.3 is 0 Å². The Morgan fingerprint density at radius 1 is 1.00 bits per heavy atom. The molecule has 0 radical (unpaired) electrons. The van der Waals surface area contributed by atoms with E-state index in [-0.39, 0.29) is 0 Å². The van der Waals surface area contributed by atoms with Gasteiger partial charge in [-0.3, -0.25) is 0 Å². The number of unbranched alkanes of at least 4 members (excludes halogenated alkanes) is 7. The molecule has 18 heavy (non-hydrogen) atoms. The summed E-state index contributed by atoms with van der Waals surface area (Å²) in [7, 11) is 0. The van der Waals surface area contributed by atoms with Gasteiger partial charge in [0.1, 0.15) is 12.4 Å². The molecule has 0 amide bonds. The standard InChI is InChI=1S/C15H27N2O/c1-2-16-12-13-17(15-16)11-9-7-5-3-4-6-8-10-14-18/h2,12-13,15,18H,1,3-11,14H2/q+1. The fraction of sp³-hybridized carbons (Fsp3) is 0.667. The zero-order chi connectivity index (χ0) is 13.1.